The maximum absolute atomic E-state index is 7.30. The second kappa shape index (κ2) is 12.2. The van der Waals surface area contributed by atoms with Crippen LogP contribution >= 0.6 is 11.3 Å². The summed E-state index contributed by atoms with van der Waals surface area (Å²) < 4.78 is 16.2. The minimum atomic E-state index is 0.841. The highest BCUT2D eigenvalue weighted by molar-refractivity contribution is 7.25. The first-order valence-corrected chi connectivity index (χ1v) is 19.7. The average molecular weight is 734 g/mol. The second-order valence-corrected chi connectivity index (χ2v) is 15.5. The Morgan fingerprint density at radius 2 is 1.05 bits per heavy atom. The normalized spacial score (nSPS) is 11.9. The average Bonchev–Trinajstić information content (AvgIpc) is 3.96. The zero-order valence-electron chi connectivity index (χ0n) is 30.1. The quantitative estimate of drug-likeness (QED) is 0.176. The molecule has 0 spiro atoms. The number of nitrogens with zero attached hydrogens (tertiary/aromatic N) is 1. The van der Waals surface area contributed by atoms with Crippen LogP contribution in [0.2, 0.25) is 0 Å². The maximum atomic E-state index is 7.30. The Morgan fingerprint density at radius 3 is 1.95 bits per heavy atom. The van der Waals surface area contributed by atoms with Gasteiger partial charge in [0.1, 0.15) is 16.7 Å². The van der Waals surface area contributed by atoms with Crippen LogP contribution in [-0.2, 0) is 0 Å². The van der Waals surface area contributed by atoms with Crippen LogP contribution in [0.4, 0.5) is 17.1 Å². The van der Waals surface area contributed by atoms with Gasteiger partial charge in [0.15, 0.2) is 5.58 Å². The molecular formula is C52H31NO2S. The molecule has 0 amide bonds. The largest absolute Gasteiger partial charge is 0.456 e. The molecule has 3 nitrogen and oxygen atoms in total. The molecule has 9 aromatic carbocycles. The lowest BCUT2D eigenvalue weighted by molar-refractivity contribution is 0.669. The van der Waals surface area contributed by atoms with Crippen molar-refractivity contribution < 1.29 is 8.83 Å². The van der Waals surface area contributed by atoms with Crippen molar-refractivity contribution >= 4 is 103 Å². The number of fused-ring (bicyclic) bond motifs is 11. The van der Waals surface area contributed by atoms with Crippen molar-refractivity contribution in [2.45, 2.75) is 0 Å². The smallest absolute Gasteiger partial charge is 0.159 e. The number of furan rings is 2. The van der Waals surface area contributed by atoms with Crippen LogP contribution in [-0.4, -0.2) is 0 Å². The van der Waals surface area contributed by atoms with Gasteiger partial charge in [-0.1, -0.05) is 133 Å². The Hall–Kier alpha value is -7.14. The minimum absolute atomic E-state index is 0.841. The summed E-state index contributed by atoms with van der Waals surface area (Å²) in [5.41, 5.74) is 11.1. The lowest BCUT2D eigenvalue weighted by atomic mass is 9.94. The Kier molecular flexibility index (Phi) is 6.80. The molecule has 0 radical (unpaired) electrons. The molecule has 4 heteroatoms. The van der Waals surface area contributed by atoms with Crippen molar-refractivity contribution in [2.24, 2.45) is 0 Å². The molecule has 3 aromatic heterocycles. The van der Waals surface area contributed by atoms with E-state index in [9.17, 15) is 0 Å². The van der Waals surface area contributed by atoms with Crippen molar-refractivity contribution in [1.82, 2.24) is 0 Å². The van der Waals surface area contributed by atoms with Crippen molar-refractivity contribution in [3.8, 4) is 22.3 Å². The predicted molar refractivity (Wildman–Crippen MR) is 237 cm³/mol. The van der Waals surface area contributed by atoms with E-state index in [1.165, 1.54) is 31.3 Å². The van der Waals surface area contributed by atoms with Crippen LogP contribution in [0.5, 0.6) is 0 Å². The number of rotatable bonds is 5. The molecule has 0 aliphatic carbocycles. The van der Waals surface area contributed by atoms with Crippen LogP contribution < -0.4 is 4.90 Å². The maximum Gasteiger partial charge on any atom is 0.159 e. The lowest BCUT2D eigenvalue weighted by Crippen LogP contribution is -2.10. The van der Waals surface area contributed by atoms with E-state index in [2.05, 4.69) is 181 Å². The van der Waals surface area contributed by atoms with Gasteiger partial charge in [-0.05, 0) is 82.1 Å². The van der Waals surface area contributed by atoms with Gasteiger partial charge in [-0.2, -0.15) is 0 Å². The highest BCUT2D eigenvalue weighted by Gasteiger charge is 2.24. The van der Waals surface area contributed by atoms with Gasteiger partial charge in [-0.15, -0.1) is 11.3 Å². The van der Waals surface area contributed by atoms with E-state index in [0.717, 1.165) is 82.8 Å². The Bertz CT molecular complexity index is 3480. The van der Waals surface area contributed by atoms with Crippen molar-refractivity contribution in [2.75, 3.05) is 4.90 Å². The van der Waals surface area contributed by atoms with E-state index in [1.54, 1.807) is 0 Å². The van der Waals surface area contributed by atoms with Crippen LogP contribution in [0, 0.1) is 0 Å². The van der Waals surface area contributed by atoms with E-state index >= 15 is 0 Å². The van der Waals surface area contributed by atoms with E-state index in [1.807, 2.05) is 23.5 Å². The molecule has 262 valence electrons. The number of thiophene rings is 1. The summed E-state index contributed by atoms with van der Waals surface area (Å²) in [7, 11) is 0. The van der Waals surface area contributed by atoms with E-state index < -0.39 is 0 Å². The van der Waals surface area contributed by atoms with E-state index in [-0.39, 0.29) is 0 Å². The summed E-state index contributed by atoms with van der Waals surface area (Å²) >= 11 is 1.84. The number of hydrogen-bond acceptors (Lipinski definition) is 4. The van der Waals surface area contributed by atoms with Crippen LogP contribution in [0.3, 0.4) is 0 Å². The zero-order chi connectivity index (χ0) is 36.7. The van der Waals surface area contributed by atoms with Gasteiger partial charge in [0.05, 0.1) is 5.69 Å². The zero-order valence-corrected chi connectivity index (χ0v) is 30.9. The summed E-state index contributed by atoms with van der Waals surface area (Å²) in [6.45, 7) is 0. The number of hydrogen-bond donors (Lipinski definition) is 0. The highest BCUT2D eigenvalue weighted by atomic mass is 32.1. The molecular weight excluding hydrogens is 703 g/mol. The Balaban J connectivity index is 1.14. The number of anilines is 3. The fraction of sp³-hybridized carbons (Fsp3) is 0. The van der Waals surface area contributed by atoms with Gasteiger partial charge in [0, 0.05) is 58.7 Å². The van der Waals surface area contributed by atoms with Gasteiger partial charge in [-0.25, -0.2) is 0 Å². The van der Waals surface area contributed by atoms with Crippen molar-refractivity contribution in [3.63, 3.8) is 0 Å². The molecule has 56 heavy (non-hydrogen) atoms. The molecule has 3 heterocycles. The first-order chi connectivity index (χ1) is 27.8. The van der Waals surface area contributed by atoms with Gasteiger partial charge >= 0.3 is 0 Å². The van der Waals surface area contributed by atoms with E-state index in [0.29, 0.717) is 0 Å². The topological polar surface area (TPSA) is 29.5 Å². The molecule has 0 aliphatic heterocycles. The summed E-state index contributed by atoms with van der Waals surface area (Å²) in [4.78, 5) is 2.36. The summed E-state index contributed by atoms with van der Waals surface area (Å²) in [5, 5.41) is 9.26. The fourth-order valence-electron chi connectivity index (χ4n) is 8.72. The fourth-order valence-corrected chi connectivity index (χ4v) is 9.86. The summed E-state index contributed by atoms with van der Waals surface area (Å²) in [6.07, 6.45) is 0. The molecule has 0 saturated heterocycles. The van der Waals surface area contributed by atoms with Gasteiger partial charge in [-0.3, -0.25) is 0 Å². The number of benzene rings is 9. The monoisotopic (exact) mass is 733 g/mol. The number of para-hydroxylation sites is 2. The molecule has 0 N–H and O–H groups in total. The molecule has 0 fully saturated rings. The van der Waals surface area contributed by atoms with Gasteiger partial charge < -0.3 is 13.7 Å². The predicted octanol–water partition coefficient (Wildman–Crippen LogP) is 15.8. The molecule has 0 bridgehead atoms. The Morgan fingerprint density at radius 1 is 0.375 bits per heavy atom. The third kappa shape index (κ3) is 4.70. The minimum Gasteiger partial charge on any atom is -0.456 e. The second-order valence-electron chi connectivity index (χ2n) is 14.4. The standard InChI is InChI=1S/C52H31NO2S/c1-2-12-32(13-3-1)33-24-26-35(27-25-33)53(36-28-29-39-38-16-7-9-23-47(38)56-48(39)31-36)44-20-10-19-42-50-37-15-5-4-14-34(37)30-43(52(50)55-51(42)44)40-18-11-22-46-49(40)41-17-6-8-21-45(41)54-46/h1-31H. The van der Waals surface area contributed by atoms with Crippen molar-refractivity contribution in [3.05, 3.63) is 188 Å². The highest BCUT2D eigenvalue weighted by Crippen LogP contribution is 2.49. The third-order valence-corrected chi connectivity index (χ3v) is 12.4. The first kappa shape index (κ1) is 31.2. The van der Waals surface area contributed by atoms with Crippen molar-refractivity contribution in [1.29, 1.82) is 0 Å². The first-order valence-electron chi connectivity index (χ1n) is 18.9. The van der Waals surface area contributed by atoms with E-state index in [4.69, 9.17) is 8.83 Å². The van der Waals surface area contributed by atoms with Crippen LogP contribution in [0.15, 0.2) is 197 Å². The summed E-state index contributed by atoms with van der Waals surface area (Å²) in [6, 6.07) is 67.1. The molecule has 12 rings (SSSR count). The molecule has 0 atom stereocenters. The summed E-state index contributed by atoms with van der Waals surface area (Å²) in [5.74, 6) is 0. The third-order valence-electron chi connectivity index (χ3n) is 11.3. The molecule has 0 unspecified atom stereocenters. The lowest BCUT2D eigenvalue weighted by Gasteiger charge is -2.26. The van der Waals surface area contributed by atoms with Crippen LogP contribution in [0.1, 0.15) is 0 Å². The van der Waals surface area contributed by atoms with Crippen LogP contribution in [0.25, 0.3) is 97.1 Å². The molecule has 12 aromatic rings. The Labute approximate surface area is 325 Å². The molecule has 0 saturated carbocycles. The van der Waals surface area contributed by atoms with Gasteiger partial charge in [0.25, 0.3) is 0 Å². The van der Waals surface area contributed by atoms with Gasteiger partial charge in [0.2, 0.25) is 0 Å². The SMILES string of the molecule is c1ccc(-c2ccc(N(c3ccc4c(c3)sc3ccccc34)c3cccc4c3oc3c(-c5cccc6oc7ccccc7c56)cc5ccccc5c34)cc2)cc1. The molecule has 0 aliphatic rings.